The number of carbonyl (C=O) groups is 1. The summed E-state index contributed by atoms with van der Waals surface area (Å²) in [5.74, 6) is -0.733. The number of benzene rings is 2. The number of carbonyl (C=O) groups excluding carboxylic acids is 1. The fraction of sp³-hybridized carbons (Fsp3) is 0.531. The molecule has 0 spiro atoms. The second-order valence-corrected chi connectivity index (χ2v) is 11.6. The van der Waals surface area contributed by atoms with Gasteiger partial charge in [0.2, 0.25) is 0 Å². The minimum absolute atomic E-state index is 0.0243. The molecule has 1 unspecified atom stereocenters. The van der Waals surface area contributed by atoms with Crippen molar-refractivity contribution in [3.05, 3.63) is 70.5 Å². The van der Waals surface area contributed by atoms with Gasteiger partial charge in [0.15, 0.2) is 11.4 Å². The summed E-state index contributed by atoms with van der Waals surface area (Å²) in [5, 5.41) is 11.8. The van der Waals surface area contributed by atoms with Crippen LogP contribution in [0, 0.1) is 11.2 Å². The molecule has 1 saturated heterocycles. The molecule has 0 radical (unpaired) electrons. The molecule has 2 heterocycles. The summed E-state index contributed by atoms with van der Waals surface area (Å²) >= 11 is 0. The Labute approximate surface area is 252 Å². The standard InChI is InChI=1S/C32H40BFO9/c1-31(20-40-18-17-39-16-15-38-14-13-37-2)21-42-33(43-22-31)24-10-8-23(9-11-24)19-32(36)28-25(5-3-7-27(28)34)29-26(30(32)35)6-4-12-41-29/h3,5,7-11,36H,4,6,12-22H2,1-2H3. The van der Waals surface area contributed by atoms with Gasteiger partial charge in [-0.25, -0.2) is 4.39 Å². The first-order valence-electron chi connectivity index (χ1n) is 14.8. The van der Waals surface area contributed by atoms with Gasteiger partial charge in [0.05, 0.1) is 52.9 Å². The minimum atomic E-state index is -2.02. The normalized spacial score (nSPS) is 21.4. The number of ether oxygens (including phenoxy) is 5. The fourth-order valence-corrected chi connectivity index (χ4v) is 5.65. The van der Waals surface area contributed by atoms with Crippen LogP contribution in [0.15, 0.2) is 48.0 Å². The highest BCUT2D eigenvalue weighted by molar-refractivity contribution is 6.61. The van der Waals surface area contributed by atoms with E-state index in [2.05, 4.69) is 0 Å². The van der Waals surface area contributed by atoms with Gasteiger partial charge in [-0.05, 0) is 29.9 Å². The highest BCUT2D eigenvalue weighted by Gasteiger charge is 2.49. The number of fused-ring (bicyclic) bond motifs is 2. The molecule has 3 aliphatic rings. The summed E-state index contributed by atoms with van der Waals surface area (Å²) in [4.78, 5) is 13.5. The van der Waals surface area contributed by atoms with E-state index in [0.29, 0.717) is 101 Å². The van der Waals surface area contributed by atoms with Crippen molar-refractivity contribution in [2.24, 2.45) is 5.41 Å². The zero-order valence-electron chi connectivity index (χ0n) is 24.9. The third kappa shape index (κ3) is 7.37. The van der Waals surface area contributed by atoms with Crippen LogP contribution in [-0.2, 0) is 49.8 Å². The van der Waals surface area contributed by atoms with E-state index in [1.165, 1.54) is 6.07 Å². The molecule has 43 heavy (non-hydrogen) atoms. The summed E-state index contributed by atoms with van der Waals surface area (Å²) in [7, 11) is 1.09. The lowest BCUT2D eigenvalue weighted by Crippen LogP contribution is -2.50. The molecule has 0 aromatic heterocycles. The van der Waals surface area contributed by atoms with Gasteiger partial charge >= 0.3 is 7.12 Å². The molecule has 2 aromatic rings. The zero-order valence-corrected chi connectivity index (χ0v) is 24.9. The molecule has 1 aliphatic carbocycles. The lowest BCUT2D eigenvalue weighted by molar-refractivity contribution is -0.135. The van der Waals surface area contributed by atoms with Crippen LogP contribution >= 0.6 is 0 Å². The smallest absolute Gasteiger partial charge is 0.493 e. The van der Waals surface area contributed by atoms with Crippen LogP contribution in [0.25, 0.3) is 5.76 Å². The maximum absolute atomic E-state index is 15.1. The van der Waals surface area contributed by atoms with Gasteiger partial charge in [0.1, 0.15) is 11.6 Å². The van der Waals surface area contributed by atoms with Gasteiger partial charge in [-0.2, -0.15) is 0 Å². The van der Waals surface area contributed by atoms with Gasteiger partial charge in [0.25, 0.3) is 0 Å². The quantitative estimate of drug-likeness (QED) is 0.260. The van der Waals surface area contributed by atoms with Gasteiger partial charge in [-0.3, -0.25) is 4.79 Å². The van der Waals surface area contributed by atoms with Crippen molar-refractivity contribution >= 4 is 24.1 Å². The van der Waals surface area contributed by atoms with Gasteiger partial charge < -0.3 is 38.1 Å². The van der Waals surface area contributed by atoms with Crippen LogP contribution in [0.4, 0.5) is 4.39 Å². The number of halogens is 1. The van der Waals surface area contributed by atoms with Crippen molar-refractivity contribution in [2.75, 3.05) is 73.2 Å². The zero-order chi connectivity index (χ0) is 30.3. The maximum atomic E-state index is 15.1. The summed E-state index contributed by atoms with van der Waals surface area (Å²) in [6, 6.07) is 11.9. The summed E-state index contributed by atoms with van der Waals surface area (Å²) in [6.07, 6.45) is 1.10. The topological polar surface area (TPSA) is 102 Å². The third-order valence-electron chi connectivity index (χ3n) is 7.92. The molecule has 0 amide bonds. The number of Topliss-reactive ketones (excluding diaryl/α,β-unsaturated/α-hetero) is 1. The highest BCUT2D eigenvalue weighted by Crippen LogP contribution is 2.45. The van der Waals surface area contributed by atoms with Crippen LogP contribution in [0.3, 0.4) is 0 Å². The van der Waals surface area contributed by atoms with E-state index < -0.39 is 24.3 Å². The number of aliphatic hydroxyl groups is 1. The molecule has 9 nitrogen and oxygen atoms in total. The van der Waals surface area contributed by atoms with Crippen LogP contribution in [0.2, 0.25) is 0 Å². The van der Waals surface area contributed by atoms with Gasteiger partial charge in [0, 0.05) is 48.9 Å². The van der Waals surface area contributed by atoms with Crippen LogP contribution in [0.5, 0.6) is 0 Å². The van der Waals surface area contributed by atoms with Crippen LogP contribution < -0.4 is 5.46 Å². The lowest BCUT2D eigenvalue weighted by atomic mass is 9.71. The molecule has 1 atom stereocenters. The number of rotatable bonds is 14. The van der Waals surface area contributed by atoms with E-state index in [1.54, 1.807) is 19.2 Å². The Kier molecular flexibility index (Phi) is 10.7. The van der Waals surface area contributed by atoms with Crippen molar-refractivity contribution in [1.82, 2.24) is 0 Å². The summed E-state index contributed by atoms with van der Waals surface area (Å²) in [5.41, 5.74) is 0.0291. The highest BCUT2D eigenvalue weighted by atomic mass is 19.1. The number of hydrogen-bond donors (Lipinski definition) is 1. The van der Waals surface area contributed by atoms with Gasteiger partial charge in [-0.15, -0.1) is 0 Å². The fourth-order valence-electron chi connectivity index (χ4n) is 5.65. The molecule has 11 heteroatoms. The Hall–Kier alpha value is -2.64. The average Bonchev–Trinajstić information content (AvgIpc) is 3.02. The molecule has 1 fully saturated rings. The molecule has 232 valence electrons. The Morgan fingerprint density at radius 1 is 0.953 bits per heavy atom. The first kappa shape index (κ1) is 31.8. The predicted molar refractivity (Wildman–Crippen MR) is 157 cm³/mol. The predicted octanol–water partition coefficient (Wildman–Crippen LogP) is 2.80. The third-order valence-corrected chi connectivity index (χ3v) is 7.92. The van der Waals surface area contributed by atoms with E-state index in [-0.39, 0.29) is 17.4 Å². The summed E-state index contributed by atoms with van der Waals surface area (Å²) in [6.45, 7) is 6.98. The Morgan fingerprint density at radius 3 is 2.33 bits per heavy atom. The van der Waals surface area contributed by atoms with Gasteiger partial charge in [-0.1, -0.05) is 43.3 Å². The van der Waals surface area contributed by atoms with Crippen molar-refractivity contribution in [1.29, 1.82) is 0 Å². The van der Waals surface area contributed by atoms with Crippen molar-refractivity contribution in [2.45, 2.75) is 31.8 Å². The molecule has 5 rings (SSSR count). The monoisotopic (exact) mass is 598 g/mol. The molecular formula is C32H40BFO9. The van der Waals surface area contributed by atoms with Crippen LogP contribution in [-0.4, -0.2) is 91.2 Å². The Balaban J connectivity index is 1.12. The molecule has 1 N–H and O–H groups in total. The molecule has 0 bridgehead atoms. The number of methoxy groups -OCH3 is 1. The SMILES string of the molecule is COCCOCCOCCOCC1(C)COB(c2ccc(CC3(O)C(=O)C4=C(OCCC4)c4cccc(F)c43)cc2)OC1. The van der Waals surface area contributed by atoms with Crippen molar-refractivity contribution in [3.8, 4) is 0 Å². The Bertz CT molecular complexity index is 1280. The van der Waals surface area contributed by atoms with E-state index in [4.69, 9.17) is 33.0 Å². The molecule has 2 aromatic carbocycles. The molecule has 0 saturated carbocycles. The minimum Gasteiger partial charge on any atom is -0.493 e. The van der Waals surface area contributed by atoms with E-state index in [0.717, 1.165) is 5.46 Å². The van der Waals surface area contributed by atoms with E-state index in [9.17, 15) is 9.90 Å². The average molecular weight is 598 g/mol. The number of hydrogen-bond acceptors (Lipinski definition) is 9. The van der Waals surface area contributed by atoms with E-state index in [1.807, 2.05) is 31.2 Å². The first-order valence-corrected chi connectivity index (χ1v) is 14.8. The second kappa shape index (κ2) is 14.4. The van der Waals surface area contributed by atoms with Crippen LogP contribution in [0.1, 0.15) is 36.5 Å². The lowest BCUT2D eigenvalue weighted by Gasteiger charge is -2.37. The largest absolute Gasteiger partial charge is 0.493 e. The van der Waals surface area contributed by atoms with E-state index >= 15 is 4.39 Å². The molecule has 2 aliphatic heterocycles. The second-order valence-electron chi connectivity index (χ2n) is 11.6. The number of ketones is 1. The molecular weight excluding hydrogens is 558 g/mol. The first-order chi connectivity index (χ1) is 20.8. The van der Waals surface area contributed by atoms with Crippen molar-refractivity contribution in [3.63, 3.8) is 0 Å². The summed E-state index contributed by atoms with van der Waals surface area (Å²) < 4.78 is 54.5. The maximum Gasteiger partial charge on any atom is 0.493 e. The Morgan fingerprint density at radius 2 is 1.63 bits per heavy atom. The van der Waals surface area contributed by atoms with Crippen molar-refractivity contribution < 1.29 is 47.3 Å².